The van der Waals surface area contributed by atoms with Gasteiger partial charge in [-0.2, -0.15) is 0 Å². The van der Waals surface area contributed by atoms with Crippen LogP contribution in [0.15, 0.2) is 12.1 Å². The van der Waals surface area contributed by atoms with E-state index < -0.39 is 6.09 Å². The number of carbonyl (C=O) groups is 1. The van der Waals surface area contributed by atoms with Crippen LogP contribution in [0.5, 0.6) is 5.75 Å². The van der Waals surface area contributed by atoms with Crippen LogP contribution in [0.1, 0.15) is 24.8 Å². The Morgan fingerprint density at radius 1 is 1.20 bits per heavy atom. The van der Waals surface area contributed by atoms with Crippen molar-refractivity contribution in [1.82, 2.24) is 4.90 Å². The van der Waals surface area contributed by atoms with Gasteiger partial charge in [-0.25, -0.2) is 4.79 Å². The monoisotopic (exact) mass is 351 g/mol. The lowest BCUT2D eigenvalue weighted by Gasteiger charge is -2.35. The van der Waals surface area contributed by atoms with Crippen molar-refractivity contribution in [1.29, 1.82) is 0 Å². The summed E-state index contributed by atoms with van der Waals surface area (Å²) in [6, 6.07) is 3.83. The molecule has 0 radical (unpaired) electrons. The standard InChI is InChI=1S/C18H29N3O4/c1-20-7-9-21(10-8-20)16-13-17(25-2)15(19-18(23)24)12-14(16)6-4-3-5-11-22/h12-13,19,22H,3-11H2,1-2H3,(H,23,24). The topological polar surface area (TPSA) is 85.3 Å². The zero-order chi connectivity index (χ0) is 18.2. The number of piperazine rings is 1. The summed E-state index contributed by atoms with van der Waals surface area (Å²) >= 11 is 0. The van der Waals surface area contributed by atoms with Crippen LogP contribution in [0.4, 0.5) is 16.2 Å². The fourth-order valence-electron chi connectivity index (χ4n) is 3.14. The van der Waals surface area contributed by atoms with E-state index in [1.807, 2.05) is 12.1 Å². The van der Waals surface area contributed by atoms with Crippen LogP contribution in [0.2, 0.25) is 0 Å². The molecule has 0 unspecified atom stereocenters. The van der Waals surface area contributed by atoms with E-state index in [9.17, 15) is 4.79 Å². The molecule has 3 N–H and O–H groups in total. The third-order valence-corrected chi connectivity index (χ3v) is 4.59. The number of nitrogens with one attached hydrogen (secondary N) is 1. The highest BCUT2D eigenvalue weighted by molar-refractivity contribution is 5.86. The maximum atomic E-state index is 11.1. The Hall–Kier alpha value is -1.99. The van der Waals surface area contributed by atoms with Gasteiger partial charge < -0.3 is 24.7 Å². The van der Waals surface area contributed by atoms with Gasteiger partial charge in [-0.1, -0.05) is 6.42 Å². The van der Waals surface area contributed by atoms with Crippen molar-refractivity contribution in [2.24, 2.45) is 0 Å². The molecule has 1 heterocycles. The van der Waals surface area contributed by atoms with Crippen LogP contribution in [-0.4, -0.2) is 68.1 Å². The number of hydrogen-bond acceptors (Lipinski definition) is 5. The highest BCUT2D eigenvalue weighted by Crippen LogP contribution is 2.35. The van der Waals surface area contributed by atoms with Gasteiger partial charge in [0, 0.05) is 44.5 Å². The van der Waals surface area contributed by atoms with Gasteiger partial charge in [0.25, 0.3) is 0 Å². The van der Waals surface area contributed by atoms with Crippen LogP contribution in [0, 0.1) is 0 Å². The molecule has 0 spiro atoms. The number of aliphatic hydroxyl groups excluding tert-OH is 1. The SMILES string of the molecule is COc1cc(N2CCN(C)CC2)c(CCCCCO)cc1NC(=O)O. The first-order valence-corrected chi connectivity index (χ1v) is 8.80. The van der Waals surface area contributed by atoms with Crippen molar-refractivity contribution in [3.8, 4) is 5.75 Å². The molecular weight excluding hydrogens is 322 g/mol. The van der Waals surface area contributed by atoms with Gasteiger partial charge in [0.15, 0.2) is 0 Å². The number of aliphatic hydroxyl groups is 1. The summed E-state index contributed by atoms with van der Waals surface area (Å²) in [5, 5.41) is 20.4. The summed E-state index contributed by atoms with van der Waals surface area (Å²) in [7, 11) is 3.67. The molecule has 25 heavy (non-hydrogen) atoms. The van der Waals surface area contributed by atoms with E-state index in [4.69, 9.17) is 14.9 Å². The number of likely N-dealkylation sites (N-methyl/N-ethyl adjacent to an activating group) is 1. The van der Waals surface area contributed by atoms with Gasteiger partial charge in [0.05, 0.1) is 12.8 Å². The largest absolute Gasteiger partial charge is 0.494 e. The first kappa shape index (κ1) is 19.3. The summed E-state index contributed by atoms with van der Waals surface area (Å²) in [6.07, 6.45) is 2.45. The molecule has 0 aromatic heterocycles. The molecule has 1 aliphatic rings. The number of ether oxygens (including phenoxy) is 1. The molecule has 0 saturated carbocycles. The number of methoxy groups -OCH3 is 1. The molecule has 1 amide bonds. The van der Waals surface area contributed by atoms with E-state index >= 15 is 0 Å². The second kappa shape index (κ2) is 9.48. The van der Waals surface area contributed by atoms with Crippen molar-refractivity contribution in [2.75, 3.05) is 57.2 Å². The normalized spacial score (nSPS) is 15.2. The quantitative estimate of drug-likeness (QED) is 0.623. The minimum atomic E-state index is -1.10. The van der Waals surface area contributed by atoms with Crippen LogP contribution in [0.3, 0.4) is 0 Å². The van der Waals surface area contributed by atoms with E-state index in [0.717, 1.165) is 63.1 Å². The molecule has 1 aliphatic heterocycles. The Kier molecular flexibility index (Phi) is 7.33. The molecule has 1 aromatic carbocycles. The fourth-order valence-corrected chi connectivity index (χ4v) is 3.14. The van der Waals surface area contributed by atoms with Crippen molar-refractivity contribution in [3.63, 3.8) is 0 Å². The molecule has 0 bridgehead atoms. The number of hydrogen-bond donors (Lipinski definition) is 3. The zero-order valence-corrected chi connectivity index (χ0v) is 15.1. The van der Waals surface area contributed by atoms with Crippen molar-refractivity contribution in [3.05, 3.63) is 17.7 Å². The molecule has 0 aliphatic carbocycles. The molecular formula is C18H29N3O4. The molecule has 1 saturated heterocycles. The molecule has 7 heteroatoms. The maximum absolute atomic E-state index is 11.1. The lowest BCUT2D eigenvalue weighted by Crippen LogP contribution is -2.44. The molecule has 1 fully saturated rings. The second-order valence-corrected chi connectivity index (χ2v) is 6.44. The smallest absolute Gasteiger partial charge is 0.409 e. The predicted molar refractivity (Wildman–Crippen MR) is 99.0 cm³/mol. The zero-order valence-electron chi connectivity index (χ0n) is 15.1. The number of anilines is 2. The van der Waals surface area contributed by atoms with Gasteiger partial charge >= 0.3 is 6.09 Å². The maximum Gasteiger partial charge on any atom is 0.409 e. The molecule has 2 rings (SSSR count). The summed E-state index contributed by atoms with van der Waals surface area (Å²) in [6.45, 7) is 4.09. The number of amides is 1. The predicted octanol–water partition coefficient (Wildman–Crippen LogP) is 2.24. The van der Waals surface area contributed by atoms with E-state index in [1.54, 1.807) is 7.11 Å². The summed E-state index contributed by atoms with van der Waals surface area (Å²) < 4.78 is 5.40. The summed E-state index contributed by atoms with van der Waals surface area (Å²) in [5.74, 6) is 0.537. The van der Waals surface area contributed by atoms with Crippen LogP contribution in [0.25, 0.3) is 0 Å². The lowest BCUT2D eigenvalue weighted by molar-refractivity contribution is 0.209. The number of nitrogens with zero attached hydrogens (tertiary/aromatic N) is 2. The fraction of sp³-hybridized carbons (Fsp3) is 0.611. The highest BCUT2D eigenvalue weighted by Gasteiger charge is 2.20. The molecule has 1 aromatic rings. The van der Waals surface area contributed by atoms with E-state index in [1.165, 1.54) is 0 Å². The first-order valence-electron chi connectivity index (χ1n) is 8.80. The van der Waals surface area contributed by atoms with Gasteiger partial charge in [0.1, 0.15) is 5.75 Å². The number of aryl methyl sites for hydroxylation is 1. The Morgan fingerprint density at radius 2 is 1.92 bits per heavy atom. The summed E-state index contributed by atoms with van der Waals surface area (Å²) in [4.78, 5) is 15.7. The van der Waals surface area contributed by atoms with Crippen LogP contribution < -0.4 is 15.0 Å². The van der Waals surface area contributed by atoms with E-state index in [-0.39, 0.29) is 6.61 Å². The minimum Gasteiger partial charge on any atom is -0.494 e. The number of benzene rings is 1. The van der Waals surface area contributed by atoms with E-state index in [0.29, 0.717) is 11.4 Å². The Morgan fingerprint density at radius 3 is 2.52 bits per heavy atom. The molecule has 140 valence electrons. The van der Waals surface area contributed by atoms with Crippen molar-refractivity contribution in [2.45, 2.75) is 25.7 Å². The minimum absolute atomic E-state index is 0.208. The second-order valence-electron chi connectivity index (χ2n) is 6.44. The Labute approximate surface area is 149 Å². The van der Waals surface area contributed by atoms with Gasteiger partial charge in [-0.15, -0.1) is 0 Å². The lowest BCUT2D eigenvalue weighted by atomic mass is 10.0. The number of rotatable bonds is 8. The first-order chi connectivity index (χ1) is 12.0. The number of unbranched alkanes of at least 4 members (excludes halogenated alkanes) is 2. The third-order valence-electron chi connectivity index (χ3n) is 4.59. The third kappa shape index (κ3) is 5.51. The van der Waals surface area contributed by atoms with Gasteiger partial charge in [-0.05, 0) is 37.9 Å². The highest BCUT2D eigenvalue weighted by atomic mass is 16.5. The van der Waals surface area contributed by atoms with Crippen LogP contribution >= 0.6 is 0 Å². The Balaban J connectivity index is 2.27. The van der Waals surface area contributed by atoms with Crippen molar-refractivity contribution >= 4 is 17.5 Å². The van der Waals surface area contributed by atoms with Crippen LogP contribution in [-0.2, 0) is 6.42 Å². The molecule has 7 nitrogen and oxygen atoms in total. The van der Waals surface area contributed by atoms with Crippen molar-refractivity contribution < 1.29 is 19.7 Å². The van der Waals surface area contributed by atoms with Gasteiger partial charge in [-0.3, -0.25) is 5.32 Å². The Bertz CT molecular complexity index is 572. The average Bonchev–Trinajstić information content (AvgIpc) is 2.59. The van der Waals surface area contributed by atoms with Gasteiger partial charge in [0.2, 0.25) is 0 Å². The summed E-state index contributed by atoms with van der Waals surface area (Å²) in [5.41, 5.74) is 2.71. The van der Waals surface area contributed by atoms with E-state index in [2.05, 4.69) is 22.2 Å². The number of carboxylic acid groups (broad SMARTS) is 1. The average molecular weight is 351 g/mol. The molecule has 0 atom stereocenters.